The fourth-order valence-corrected chi connectivity index (χ4v) is 6.10. The Morgan fingerprint density at radius 2 is 1.18 bits per heavy atom. The van der Waals surface area contributed by atoms with E-state index in [2.05, 4.69) is 37.4 Å². The number of carbonyl (C=O) groups excluding carboxylic acids is 1. The fourth-order valence-electron chi connectivity index (χ4n) is 5.38. The molecule has 0 aromatic carbocycles. The summed E-state index contributed by atoms with van der Waals surface area (Å²) in [6.45, 7) is 4.57. The van der Waals surface area contributed by atoms with E-state index in [1.165, 1.54) is 103 Å². The Bertz CT molecular complexity index is 902. The lowest BCUT2D eigenvalue weighted by atomic mass is 10.0. The molecule has 288 valence electrons. The number of phosphoric ester groups is 1. The molecule has 49 heavy (non-hydrogen) atoms. The van der Waals surface area contributed by atoms with Crippen molar-refractivity contribution >= 4 is 13.7 Å². The molecule has 2 N–H and O–H groups in total. The third kappa shape index (κ3) is 34.9. The van der Waals surface area contributed by atoms with Crippen LogP contribution in [0.2, 0.25) is 0 Å². The van der Waals surface area contributed by atoms with Gasteiger partial charge in [-0.25, -0.2) is 0 Å². The molecule has 0 heterocycles. The number of nitrogens with one attached hydrogen (secondary N) is 1. The first kappa shape index (κ1) is 47.7. The number of allylic oxidation sites excluding steroid dienone is 5. The second-order valence-corrected chi connectivity index (χ2v) is 16.0. The van der Waals surface area contributed by atoms with Gasteiger partial charge >= 0.3 is 0 Å². The SMILES string of the molecule is CCCCCCCC/C=C\C/C=C\CCC(=O)NC(COP(=O)([O-])OCC[N+](C)(C)C)C(O)/C=C/CCCCCCCCCCCCCC. The average Bonchev–Trinajstić information content (AvgIpc) is 3.04. The van der Waals surface area contributed by atoms with E-state index in [4.69, 9.17) is 9.05 Å². The van der Waals surface area contributed by atoms with E-state index < -0.39 is 26.6 Å². The number of hydrogen-bond acceptors (Lipinski definition) is 6. The lowest BCUT2D eigenvalue weighted by molar-refractivity contribution is -0.870. The van der Waals surface area contributed by atoms with Gasteiger partial charge in [0.2, 0.25) is 5.91 Å². The lowest BCUT2D eigenvalue weighted by Gasteiger charge is -2.29. The molecule has 3 unspecified atom stereocenters. The Labute approximate surface area is 302 Å². The van der Waals surface area contributed by atoms with Crippen molar-refractivity contribution in [2.45, 2.75) is 174 Å². The molecule has 3 atom stereocenters. The zero-order valence-corrected chi connectivity index (χ0v) is 33.3. The number of likely N-dealkylation sites (N-methyl/N-ethyl adjacent to an activating group) is 1. The van der Waals surface area contributed by atoms with E-state index in [-0.39, 0.29) is 18.9 Å². The van der Waals surface area contributed by atoms with Crippen LogP contribution in [0, 0.1) is 0 Å². The molecule has 8 nitrogen and oxygen atoms in total. The molecule has 9 heteroatoms. The van der Waals surface area contributed by atoms with E-state index in [0.717, 1.165) is 32.1 Å². The number of amides is 1. The Hall–Kier alpha value is -1.28. The standard InChI is InChI=1S/C40H77N2O6P/c1-6-8-10-12-14-16-18-20-22-23-25-27-29-31-33-39(43)38(37-48-49(45,46)47-36-35-42(3,4)5)41-40(44)34-32-30-28-26-24-21-19-17-15-13-11-9-7-2/h21,24,28,30-31,33,38-39,43H,6-20,22-23,25-27,29,32,34-37H2,1-5H3,(H-,41,44,45,46)/b24-21-,30-28-,33-31+. The van der Waals surface area contributed by atoms with E-state index in [1.54, 1.807) is 6.08 Å². The first-order chi connectivity index (χ1) is 23.5. The van der Waals surface area contributed by atoms with E-state index in [0.29, 0.717) is 17.4 Å². The molecular formula is C40H77N2O6P. The molecule has 0 spiro atoms. The van der Waals surface area contributed by atoms with Gasteiger partial charge in [0, 0.05) is 6.42 Å². The second-order valence-electron chi connectivity index (χ2n) is 14.6. The van der Waals surface area contributed by atoms with Crippen molar-refractivity contribution in [1.29, 1.82) is 0 Å². The molecule has 0 aliphatic carbocycles. The quantitative estimate of drug-likeness (QED) is 0.0293. The van der Waals surface area contributed by atoms with Crippen LogP contribution in [0.25, 0.3) is 0 Å². The fraction of sp³-hybridized carbons (Fsp3) is 0.825. The molecule has 1 amide bonds. The van der Waals surface area contributed by atoms with Crippen molar-refractivity contribution in [3.63, 3.8) is 0 Å². The first-order valence-corrected chi connectivity index (χ1v) is 21.3. The zero-order chi connectivity index (χ0) is 36.5. The minimum atomic E-state index is -4.59. The van der Waals surface area contributed by atoms with E-state index in [1.807, 2.05) is 33.3 Å². The topological polar surface area (TPSA) is 108 Å². The van der Waals surface area contributed by atoms with Crippen LogP contribution in [0.15, 0.2) is 36.5 Å². The maximum absolute atomic E-state index is 12.7. The summed E-state index contributed by atoms with van der Waals surface area (Å²) in [5.74, 6) is -0.267. The average molecular weight is 713 g/mol. The Morgan fingerprint density at radius 3 is 1.69 bits per heavy atom. The van der Waals surface area contributed by atoms with Crippen LogP contribution in [-0.4, -0.2) is 68.5 Å². The second kappa shape index (κ2) is 32.6. The number of quaternary nitrogens is 1. The van der Waals surface area contributed by atoms with Crippen molar-refractivity contribution in [1.82, 2.24) is 5.32 Å². The molecule has 0 aromatic rings. The third-order valence-corrected chi connectivity index (χ3v) is 9.57. The summed E-state index contributed by atoms with van der Waals surface area (Å²) < 4.78 is 23.1. The van der Waals surface area contributed by atoms with Gasteiger partial charge in [0.15, 0.2) is 0 Å². The summed E-state index contributed by atoms with van der Waals surface area (Å²) in [4.78, 5) is 25.1. The van der Waals surface area contributed by atoms with Gasteiger partial charge in [-0.2, -0.15) is 0 Å². The molecular weight excluding hydrogens is 635 g/mol. The maximum atomic E-state index is 12.7. The molecule has 0 rings (SSSR count). The molecule has 0 aromatic heterocycles. The zero-order valence-electron chi connectivity index (χ0n) is 32.4. The highest BCUT2D eigenvalue weighted by Crippen LogP contribution is 2.38. The van der Waals surface area contributed by atoms with Gasteiger partial charge in [-0.05, 0) is 38.5 Å². The number of hydrogen-bond donors (Lipinski definition) is 2. The number of unbranched alkanes of at least 4 members (excludes halogenated alkanes) is 18. The number of carbonyl (C=O) groups is 1. The predicted molar refractivity (Wildman–Crippen MR) is 205 cm³/mol. The summed E-state index contributed by atoms with van der Waals surface area (Å²) >= 11 is 0. The van der Waals surface area contributed by atoms with Crippen molar-refractivity contribution in [2.75, 3.05) is 40.9 Å². The molecule has 0 saturated heterocycles. The Balaban J connectivity index is 4.61. The number of nitrogens with zero attached hydrogens (tertiary/aromatic N) is 1. The van der Waals surface area contributed by atoms with Gasteiger partial charge in [-0.1, -0.05) is 153 Å². The van der Waals surface area contributed by atoms with Gasteiger partial charge < -0.3 is 28.8 Å². The normalized spacial score (nSPS) is 15.0. The predicted octanol–water partition coefficient (Wildman–Crippen LogP) is 9.72. The first-order valence-electron chi connectivity index (χ1n) is 19.9. The summed E-state index contributed by atoms with van der Waals surface area (Å²) in [6, 6.07) is -0.913. The van der Waals surface area contributed by atoms with Crippen LogP contribution >= 0.6 is 7.82 Å². The molecule has 0 aliphatic heterocycles. The van der Waals surface area contributed by atoms with Gasteiger partial charge in [-0.3, -0.25) is 9.36 Å². The van der Waals surface area contributed by atoms with Crippen molar-refractivity contribution in [2.24, 2.45) is 0 Å². The van der Waals surface area contributed by atoms with Crippen LogP contribution < -0.4 is 10.2 Å². The van der Waals surface area contributed by atoms with Gasteiger partial charge in [0.1, 0.15) is 13.2 Å². The molecule has 0 saturated carbocycles. The van der Waals surface area contributed by atoms with Crippen LogP contribution in [0.4, 0.5) is 0 Å². The highest BCUT2D eigenvalue weighted by Gasteiger charge is 2.23. The number of rotatable bonds is 35. The highest BCUT2D eigenvalue weighted by molar-refractivity contribution is 7.45. The molecule has 0 bridgehead atoms. The monoisotopic (exact) mass is 713 g/mol. The van der Waals surface area contributed by atoms with Gasteiger partial charge in [0.25, 0.3) is 7.82 Å². The summed E-state index contributed by atoms with van der Waals surface area (Å²) in [7, 11) is 1.23. The molecule has 0 radical (unpaired) electrons. The van der Waals surface area contributed by atoms with Crippen molar-refractivity contribution in [3.05, 3.63) is 36.5 Å². The minimum absolute atomic E-state index is 0.0105. The lowest BCUT2D eigenvalue weighted by Crippen LogP contribution is -2.45. The summed E-state index contributed by atoms with van der Waals surface area (Å²) in [6.07, 6.45) is 37.7. The van der Waals surface area contributed by atoms with Crippen LogP contribution in [-0.2, 0) is 18.4 Å². The Kier molecular flexibility index (Phi) is 31.8. The van der Waals surface area contributed by atoms with Crippen LogP contribution in [0.5, 0.6) is 0 Å². The van der Waals surface area contributed by atoms with E-state index in [9.17, 15) is 19.4 Å². The summed E-state index contributed by atoms with van der Waals surface area (Å²) in [5, 5.41) is 13.7. The third-order valence-electron chi connectivity index (χ3n) is 8.61. The van der Waals surface area contributed by atoms with E-state index >= 15 is 0 Å². The van der Waals surface area contributed by atoms with Crippen LogP contribution in [0.1, 0.15) is 162 Å². The van der Waals surface area contributed by atoms with Gasteiger partial charge in [-0.15, -0.1) is 0 Å². The molecule has 0 fully saturated rings. The van der Waals surface area contributed by atoms with Crippen molar-refractivity contribution in [3.8, 4) is 0 Å². The maximum Gasteiger partial charge on any atom is 0.268 e. The van der Waals surface area contributed by atoms with Crippen LogP contribution in [0.3, 0.4) is 0 Å². The smallest absolute Gasteiger partial charge is 0.268 e. The van der Waals surface area contributed by atoms with Crippen molar-refractivity contribution < 1.29 is 32.9 Å². The molecule has 0 aliphatic rings. The Morgan fingerprint density at radius 1 is 0.714 bits per heavy atom. The largest absolute Gasteiger partial charge is 0.756 e. The summed E-state index contributed by atoms with van der Waals surface area (Å²) in [5.41, 5.74) is 0. The number of aliphatic hydroxyl groups is 1. The highest BCUT2D eigenvalue weighted by atomic mass is 31.2. The number of phosphoric acid groups is 1. The minimum Gasteiger partial charge on any atom is -0.756 e. The number of aliphatic hydroxyl groups excluding tert-OH is 1. The van der Waals surface area contributed by atoms with Gasteiger partial charge in [0.05, 0.1) is 39.9 Å².